The van der Waals surface area contributed by atoms with Gasteiger partial charge in [0.2, 0.25) is 5.72 Å². The maximum absolute atomic E-state index is 13.0. The first-order chi connectivity index (χ1) is 15.2. The van der Waals surface area contributed by atoms with Crippen molar-refractivity contribution in [3.05, 3.63) is 105 Å². The van der Waals surface area contributed by atoms with Gasteiger partial charge >= 0.3 is 0 Å². The molecule has 32 heavy (non-hydrogen) atoms. The molecule has 0 radical (unpaired) electrons. The van der Waals surface area contributed by atoms with Gasteiger partial charge in [0.05, 0.1) is 10.3 Å². The zero-order valence-corrected chi connectivity index (χ0v) is 18.0. The standard InChI is InChI=1S/C26H22N2O4/c1-25(2)21-16-19(24(29)17-7-5-4-6-8-17)9-11-22(21)27(3)26(25)14-13-18-15-20(28(30)31)10-12-23(18)32-26/h4-16H,1-3H3. The minimum Gasteiger partial charge on any atom is -0.463 e. The van der Waals surface area contributed by atoms with E-state index >= 15 is 0 Å². The van der Waals surface area contributed by atoms with Crippen LogP contribution in [0.5, 0.6) is 5.75 Å². The van der Waals surface area contributed by atoms with Crippen molar-refractivity contribution >= 4 is 23.2 Å². The molecule has 0 saturated heterocycles. The Morgan fingerprint density at radius 3 is 2.47 bits per heavy atom. The maximum Gasteiger partial charge on any atom is 0.270 e. The molecule has 0 N–H and O–H groups in total. The van der Waals surface area contributed by atoms with E-state index in [-0.39, 0.29) is 11.5 Å². The topological polar surface area (TPSA) is 72.7 Å². The Bertz CT molecular complexity index is 1300. The number of non-ortho nitro benzene ring substituents is 1. The Morgan fingerprint density at radius 2 is 1.75 bits per heavy atom. The van der Waals surface area contributed by atoms with E-state index < -0.39 is 16.1 Å². The molecule has 6 nitrogen and oxygen atoms in total. The van der Waals surface area contributed by atoms with Crippen molar-refractivity contribution in [2.75, 3.05) is 11.9 Å². The molecule has 160 valence electrons. The van der Waals surface area contributed by atoms with E-state index in [0.717, 1.165) is 11.3 Å². The van der Waals surface area contributed by atoms with Crippen molar-refractivity contribution in [2.45, 2.75) is 25.0 Å². The van der Waals surface area contributed by atoms with Gasteiger partial charge in [0.15, 0.2) is 5.78 Å². The number of nitro benzene ring substituents is 1. The summed E-state index contributed by atoms with van der Waals surface area (Å²) in [6.07, 6.45) is 3.84. The lowest BCUT2D eigenvalue weighted by molar-refractivity contribution is -0.384. The smallest absolute Gasteiger partial charge is 0.270 e. The summed E-state index contributed by atoms with van der Waals surface area (Å²) in [4.78, 5) is 25.8. The molecule has 6 heteroatoms. The quantitative estimate of drug-likeness (QED) is 0.320. The first kappa shape index (κ1) is 20.0. The Balaban J connectivity index is 1.57. The number of ketones is 1. The van der Waals surface area contributed by atoms with Crippen LogP contribution in [0.1, 0.15) is 40.9 Å². The SMILES string of the molecule is CN1c2ccc(C(=O)c3ccccc3)cc2C(C)(C)C12C=Cc1cc([N+](=O)[O-])ccc1O2. The molecule has 1 unspecified atom stereocenters. The van der Waals surface area contributed by atoms with Crippen LogP contribution in [0.2, 0.25) is 0 Å². The van der Waals surface area contributed by atoms with Gasteiger partial charge in [0.1, 0.15) is 5.75 Å². The fourth-order valence-corrected chi connectivity index (χ4v) is 4.81. The fourth-order valence-electron chi connectivity index (χ4n) is 4.81. The molecule has 2 aliphatic rings. The first-order valence-electron chi connectivity index (χ1n) is 10.4. The molecular weight excluding hydrogens is 404 g/mol. The van der Waals surface area contributed by atoms with E-state index in [9.17, 15) is 14.9 Å². The van der Waals surface area contributed by atoms with Crippen LogP contribution in [0.15, 0.2) is 72.8 Å². The number of hydrogen-bond donors (Lipinski definition) is 0. The lowest BCUT2D eigenvalue weighted by atomic mass is 9.76. The molecule has 3 aromatic carbocycles. The van der Waals surface area contributed by atoms with Gasteiger partial charge in [0, 0.05) is 41.6 Å². The summed E-state index contributed by atoms with van der Waals surface area (Å²) in [6.45, 7) is 4.18. The number of nitrogens with zero attached hydrogens (tertiary/aromatic N) is 2. The van der Waals surface area contributed by atoms with Crippen LogP contribution < -0.4 is 9.64 Å². The van der Waals surface area contributed by atoms with E-state index in [2.05, 4.69) is 18.7 Å². The summed E-state index contributed by atoms with van der Waals surface area (Å²) in [5.74, 6) is 0.567. The number of nitro groups is 1. The van der Waals surface area contributed by atoms with Gasteiger partial charge in [-0.15, -0.1) is 0 Å². The number of likely N-dealkylation sites (N-methyl/N-ethyl adjacent to an activating group) is 1. The summed E-state index contributed by atoms with van der Waals surface area (Å²) in [5.41, 5.74) is 2.64. The number of anilines is 1. The summed E-state index contributed by atoms with van der Waals surface area (Å²) in [7, 11) is 1.97. The second-order valence-corrected chi connectivity index (χ2v) is 8.72. The van der Waals surface area contributed by atoms with Gasteiger partial charge in [-0.05, 0) is 55.8 Å². The molecule has 5 rings (SSSR count). The summed E-state index contributed by atoms with van der Waals surface area (Å²) < 4.78 is 6.54. The average Bonchev–Trinajstić information content (AvgIpc) is 2.96. The number of benzene rings is 3. The van der Waals surface area contributed by atoms with Gasteiger partial charge in [0.25, 0.3) is 5.69 Å². The molecule has 2 heterocycles. The maximum atomic E-state index is 13.0. The van der Waals surface area contributed by atoms with Crippen LogP contribution in [0.3, 0.4) is 0 Å². The molecule has 0 aliphatic carbocycles. The molecule has 2 aliphatic heterocycles. The van der Waals surface area contributed by atoms with Crippen molar-refractivity contribution < 1.29 is 14.5 Å². The summed E-state index contributed by atoms with van der Waals surface area (Å²) in [6, 6.07) is 19.6. The molecule has 1 spiro atoms. The van der Waals surface area contributed by atoms with Crippen LogP contribution in [0.4, 0.5) is 11.4 Å². The number of carbonyl (C=O) groups excluding carboxylic acids is 1. The zero-order valence-electron chi connectivity index (χ0n) is 18.0. The number of ether oxygens (including phenoxy) is 1. The lowest BCUT2D eigenvalue weighted by Gasteiger charge is -2.45. The van der Waals surface area contributed by atoms with Crippen molar-refractivity contribution in [1.82, 2.24) is 0 Å². The van der Waals surface area contributed by atoms with Crippen LogP contribution in [0.25, 0.3) is 6.08 Å². The van der Waals surface area contributed by atoms with E-state index in [1.54, 1.807) is 6.07 Å². The van der Waals surface area contributed by atoms with Crippen LogP contribution in [-0.2, 0) is 5.41 Å². The Hall–Kier alpha value is -3.93. The summed E-state index contributed by atoms with van der Waals surface area (Å²) in [5, 5.41) is 11.1. The molecule has 0 saturated carbocycles. The molecule has 0 fully saturated rings. The number of carbonyl (C=O) groups is 1. The lowest BCUT2D eigenvalue weighted by Crippen LogP contribution is -2.58. The third kappa shape index (κ3) is 2.69. The van der Waals surface area contributed by atoms with Gasteiger partial charge in [-0.25, -0.2) is 0 Å². The Labute approximate surface area is 185 Å². The third-order valence-corrected chi connectivity index (χ3v) is 6.68. The normalized spacial score (nSPS) is 19.9. The molecule has 0 aromatic heterocycles. The minimum absolute atomic E-state index is 0.0226. The van der Waals surface area contributed by atoms with Crippen molar-refractivity contribution in [3.8, 4) is 5.75 Å². The van der Waals surface area contributed by atoms with Gasteiger partial charge in [-0.3, -0.25) is 14.9 Å². The van der Waals surface area contributed by atoms with E-state index in [4.69, 9.17) is 4.74 Å². The van der Waals surface area contributed by atoms with E-state index in [1.807, 2.05) is 67.7 Å². The van der Waals surface area contributed by atoms with Gasteiger partial charge < -0.3 is 9.64 Å². The molecule has 3 aromatic rings. The van der Waals surface area contributed by atoms with E-state index in [0.29, 0.717) is 22.4 Å². The largest absolute Gasteiger partial charge is 0.463 e. The monoisotopic (exact) mass is 426 g/mol. The highest BCUT2D eigenvalue weighted by Gasteiger charge is 2.57. The average molecular weight is 426 g/mol. The highest BCUT2D eigenvalue weighted by Crippen LogP contribution is 2.54. The number of hydrogen-bond acceptors (Lipinski definition) is 5. The first-order valence-corrected chi connectivity index (χ1v) is 10.4. The second-order valence-electron chi connectivity index (χ2n) is 8.72. The minimum atomic E-state index is -0.827. The highest BCUT2D eigenvalue weighted by molar-refractivity contribution is 6.09. The van der Waals surface area contributed by atoms with Gasteiger partial charge in [-0.2, -0.15) is 0 Å². The van der Waals surface area contributed by atoms with Crippen LogP contribution in [-0.4, -0.2) is 23.5 Å². The molecule has 0 amide bonds. The molecule has 0 bridgehead atoms. The predicted molar refractivity (Wildman–Crippen MR) is 123 cm³/mol. The van der Waals surface area contributed by atoms with Crippen molar-refractivity contribution in [2.24, 2.45) is 0 Å². The van der Waals surface area contributed by atoms with Crippen LogP contribution >= 0.6 is 0 Å². The predicted octanol–water partition coefficient (Wildman–Crippen LogP) is 5.36. The molecular formula is C26H22N2O4. The highest BCUT2D eigenvalue weighted by atomic mass is 16.6. The Morgan fingerprint density at radius 1 is 1.00 bits per heavy atom. The van der Waals surface area contributed by atoms with E-state index in [1.165, 1.54) is 12.1 Å². The zero-order chi connectivity index (χ0) is 22.7. The molecule has 1 atom stereocenters. The number of fused-ring (bicyclic) bond motifs is 2. The fraction of sp³-hybridized carbons (Fsp3) is 0.192. The van der Waals surface area contributed by atoms with Gasteiger partial charge in [-0.1, -0.05) is 30.3 Å². The van der Waals surface area contributed by atoms with Crippen LogP contribution in [0, 0.1) is 10.1 Å². The Kier molecular flexibility index (Phi) is 4.24. The van der Waals surface area contributed by atoms with Crippen molar-refractivity contribution in [1.29, 1.82) is 0 Å². The second kappa shape index (κ2) is 6.79. The third-order valence-electron chi connectivity index (χ3n) is 6.68. The summed E-state index contributed by atoms with van der Waals surface area (Å²) >= 11 is 0. The van der Waals surface area contributed by atoms with Crippen molar-refractivity contribution in [3.63, 3.8) is 0 Å². The number of rotatable bonds is 3.